The van der Waals surface area contributed by atoms with E-state index in [0.29, 0.717) is 6.61 Å². The molecule has 0 saturated carbocycles. The van der Waals surface area contributed by atoms with Crippen LogP contribution in [-0.4, -0.2) is 11.0 Å². The average Bonchev–Trinajstić information content (AvgIpc) is 2.98. The summed E-state index contributed by atoms with van der Waals surface area (Å²) >= 11 is 0. The molecule has 27 heavy (non-hydrogen) atoms. The zero-order valence-electron chi connectivity index (χ0n) is 15.7. The van der Waals surface area contributed by atoms with E-state index in [2.05, 4.69) is 35.8 Å². The summed E-state index contributed by atoms with van der Waals surface area (Å²) in [6.45, 7) is 4.72. The Bertz CT molecular complexity index is 1400. The van der Waals surface area contributed by atoms with Crippen LogP contribution in [0.1, 0.15) is 19.4 Å². The average molecular weight is 357 g/mol. The lowest BCUT2D eigenvalue weighted by Crippen LogP contribution is -2.29. The summed E-state index contributed by atoms with van der Waals surface area (Å²) in [6.07, 6.45) is 0.946. The maximum atomic E-state index is 13.5. The third kappa shape index (κ3) is 2.04. The Morgan fingerprint density at radius 2 is 1.81 bits per heavy atom. The Kier molecular flexibility index (Phi) is 3.38. The number of aromatic nitrogens is 2. The highest BCUT2D eigenvalue weighted by atomic mass is 16.5. The minimum absolute atomic E-state index is 0.0237. The van der Waals surface area contributed by atoms with Gasteiger partial charge in [0.1, 0.15) is 5.75 Å². The lowest BCUT2D eigenvalue weighted by Gasteiger charge is -2.08. The fourth-order valence-electron chi connectivity index (χ4n) is 4.37. The molecule has 0 unspecified atom stereocenters. The van der Waals surface area contributed by atoms with Crippen molar-refractivity contribution in [3.05, 3.63) is 64.4 Å². The van der Waals surface area contributed by atoms with Gasteiger partial charge in [-0.2, -0.15) is 4.40 Å². The largest absolute Gasteiger partial charge is 0.494 e. The van der Waals surface area contributed by atoms with Crippen molar-refractivity contribution in [1.29, 1.82) is 0 Å². The second kappa shape index (κ2) is 5.68. The van der Waals surface area contributed by atoms with E-state index in [0.717, 1.165) is 45.0 Å². The van der Waals surface area contributed by atoms with E-state index >= 15 is 0 Å². The standard InChI is InChI=1S/C23H21N2O2/c1-4-14-9-11-18-21-16(14)7-6-8-17(21)22-24(3)19-12-10-15(27-5-2)13-20(19)25(22)23(18)26/h6-13H,4-5H2,1-3H3/q+1. The molecule has 0 bridgehead atoms. The van der Waals surface area contributed by atoms with Crippen LogP contribution in [0.15, 0.2) is 53.3 Å². The van der Waals surface area contributed by atoms with E-state index in [9.17, 15) is 4.79 Å². The Morgan fingerprint density at radius 1 is 1.00 bits per heavy atom. The highest BCUT2D eigenvalue weighted by Gasteiger charge is 2.25. The van der Waals surface area contributed by atoms with E-state index in [4.69, 9.17) is 4.74 Å². The van der Waals surface area contributed by atoms with E-state index in [-0.39, 0.29) is 5.56 Å². The van der Waals surface area contributed by atoms with E-state index in [1.165, 1.54) is 10.9 Å². The molecule has 0 fully saturated rings. The first kappa shape index (κ1) is 16.1. The molecule has 0 aliphatic heterocycles. The highest BCUT2D eigenvalue weighted by molar-refractivity contribution is 6.15. The van der Waals surface area contributed by atoms with Crippen LogP contribution in [0.2, 0.25) is 0 Å². The summed E-state index contributed by atoms with van der Waals surface area (Å²) in [5.74, 6) is 0.782. The Labute approximate surface area is 156 Å². The zero-order chi connectivity index (χ0) is 18.7. The molecule has 0 saturated heterocycles. The number of fused-ring (bicyclic) bond motifs is 4. The quantitative estimate of drug-likeness (QED) is 0.458. The molecule has 5 aromatic rings. The van der Waals surface area contributed by atoms with Crippen molar-refractivity contribution in [1.82, 2.24) is 4.40 Å². The van der Waals surface area contributed by atoms with Crippen LogP contribution in [0.3, 0.4) is 0 Å². The van der Waals surface area contributed by atoms with E-state index < -0.39 is 0 Å². The van der Waals surface area contributed by atoms with Crippen LogP contribution in [0, 0.1) is 0 Å². The third-order valence-corrected chi connectivity index (χ3v) is 5.58. The number of imidazole rings is 1. The van der Waals surface area contributed by atoms with Gasteiger partial charge in [0.25, 0.3) is 5.65 Å². The van der Waals surface area contributed by atoms with Gasteiger partial charge >= 0.3 is 5.56 Å². The molecule has 0 amide bonds. The molecule has 0 spiro atoms. The molecule has 134 valence electrons. The maximum Gasteiger partial charge on any atom is 0.347 e. The lowest BCUT2D eigenvalue weighted by molar-refractivity contribution is -0.617. The normalized spacial score (nSPS) is 12.0. The summed E-state index contributed by atoms with van der Waals surface area (Å²) in [5, 5.41) is 4.11. The van der Waals surface area contributed by atoms with Crippen LogP contribution in [-0.2, 0) is 13.5 Å². The van der Waals surface area contributed by atoms with Crippen molar-refractivity contribution in [3.8, 4) is 5.75 Å². The second-order valence-corrected chi connectivity index (χ2v) is 6.96. The Balaban J connectivity index is 2.08. The summed E-state index contributed by atoms with van der Waals surface area (Å²) in [6, 6.07) is 16.4. The third-order valence-electron chi connectivity index (χ3n) is 5.58. The SMILES string of the molecule is CCOc1ccc2c(c1)n1c(=O)c3ccc(CC)c4cccc(c43)c1[n+]2C. The van der Waals surface area contributed by atoms with Gasteiger partial charge in [-0.3, -0.25) is 0 Å². The minimum atomic E-state index is 0.0237. The first-order valence-electron chi connectivity index (χ1n) is 9.42. The van der Waals surface area contributed by atoms with Gasteiger partial charge in [-0.05, 0) is 48.6 Å². The fourth-order valence-corrected chi connectivity index (χ4v) is 4.37. The molecule has 3 aromatic carbocycles. The molecule has 0 atom stereocenters. The lowest BCUT2D eigenvalue weighted by atomic mass is 9.97. The molecule has 0 N–H and O–H groups in total. The molecule has 4 nitrogen and oxygen atoms in total. The molecule has 0 aliphatic rings. The van der Waals surface area contributed by atoms with Crippen molar-refractivity contribution in [2.24, 2.45) is 7.05 Å². The predicted octanol–water partition coefficient (Wildman–Crippen LogP) is 3.98. The van der Waals surface area contributed by atoms with Gasteiger partial charge in [0.2, 0.25) is 0 Å². The monoisotopic (exact) mass is 357 g/mol. The smallest absolute Gasteiger partial charge is 0.347 e. The summed E-state index contributed by atoms with van der Waals surface area (Å²) < 4.78 is 9.62. The number of hydrogen-bond donors (Lipinski definition) is 0. The van der Waals surface area contributed by atoms with Crippen molar-refractivity contribution in [2.45, 2.75) is 20.3 Å². The van der Waals surface area contributed by atoms with Gasteiger partial charge in [0.05, 0.1) is 24.4 Å². The number of hydrogen-bond acceptors (Lipinski definition) is 2. The second-order valence-electron chi connectivity index (χ2n) is 6.96. The minimum Gasteiger partial charge on any atom is -0.494 e. The van der Waals surface area contributed by atoms with Crippen molar-refractivity contribution in [2.75, 3.05) is 6.61 Å². The predicted molar refractivity (Wildman–Crippen MR) is 109 cm³/mol. The van der Waals surface area contributed by atoms with Crippen molar-refractivity contribution < 1.29 is 9.30 Å². The molecular weight excluding hydrogens is 336 g/mol. The summed E-state index contributed by atoms with van der Waals surface area (Å²) in [7, 11) is 2.02. The summed E-state index contributed by atoms with van der Waals surface area (Å²) in [5.41, 5.74) is 4.12. The van der Waals surface area contributed by atoms with E-state index in [1.807, 2.05) is 42.6 Å². The van der Waals surface area contributed by atoms with Crippen LogP contribution < -0.4 is 14.9 Å². The number of benzene rings is 3. The number of pyridine rings is 1. The Hall–Kier alpha value is -3.14. The number of aryl methyl sites for hydroxylation is 2. The van der Waals surface area contributed by atoms with Crippen LogP contribution in [0.25, 0.3) is 38.2 Å². The van der Waals surface area contributed by atoms with Crippen LogP contribution >= 0.6 is 0 Å². The number of ether oxygens (including phenoxy) is 1. The van der Waals surface area contributed by atoms with Gasteiger partial charge in [-0.15, -0.1) is 0 Å². The van der Waals surface area contributed by atoms with E-state index in [1.54, 1.807) is 0 Å². The molecule has 5 rings (SSSR count). The topological polar surface area (TPSA) is 34.6 Å². The van der Waals surface area contributed by atoms with Gasteiger partial charge in [-0.1, -0.05) is 25.1 Å². The van der Waals surface area contributed by atoms with Gasteiger partial charge in [-0.25, -0.2) is 9.36 Å². The van der Waals surface area contributed by atoms with Crippen molar-refractivity contribution in [3.63, 3.8) is 0 Å². The van der Waals surface area contributed by atoms with Gasteiger partial charge < -0.3 is 4.74 Å². The first-order chi connectivity index (χ1) is 13.2. The zero-order valence-corrected chi connectivity index (χ0v) is 15.7. The molecule has 0 aliphatic carbocycles. The fraction of sp³-hybridized carbons (Fsp3) is 0.217. The van der Waals surface area contributed by atoms with Crippen LogP contribution in [0.4, 0.5) is 0 Å². The summed E-state index contributed by atoms with van der Waals surface area (Å²) in [4.78, 5) is 13.5. The van der Waals surface area contributed by atoms with Gasteiger partial charge in [0, 0.05) is 11.5 Å². The molecule has 2 aromatic heterocycles. The molecule has 0 radical (unpaired) electrons. The Morgan fingerprint density at radius 3 is 2.59 bits per heavy atom. The van der Waals surface area contributed by atoms with Crippen LogP contribution in [0.5, 0.6) is 5.75 Å². The number of rotatable bonds is 3. The van der Waals surface area contributed by atoms with Gasteiger partial charge in [0.15, 0.2) is 11.0 Å². The molecular formula is C23H21N2O2+. The van der Waals surface area contributed by atoms with Crippen molar-refractivity contribution >= 4 is 38.2 Å². The molecule has 2 heterocycles. The molecule has 4 heteroatoms. The number of nitrogens with zero attached hydrogens (tertiary/aromatic N) is 2. The first-order valence-corrected chi connectivity index (χ1v) is 9.42. The highest BCUT2D eigenvalue weighted by Crippen LogP contribution is 2.31. The maximum absolute atomic E-state index is 13.5.